The topological polar surface area (TPSA) is 23.1 Å². The van der Waals surface area contributed by atoms with Crippen molar-refractivity contribution < 1.29 is 9.59 Å². The summed E-state index contributed by atoms with van der Waals surface area (Å²) >= 11 is 0. The second-order valence-electron chi connectivity index (χ2n) is 11.3. The minimum Gasteiger partial charge on any atom is -0.872 e. The number of nitrogens with zero attached hydrogens (tertiary/aromatic N) is 1. The Kier molecular flexibility index (Phi) is 6.77. The van der Waals surface area contributed by atoms with Crippen LogP contribution in [0.15, 0.2) is 12.1 Å². The van der Waals surface area contributed by atoms with Crippen LogP contribution in [-0.2, 0) is 16.2 Å². The van der Waals surface area contributed by atoms with Crippen LogP contribution in [0.25, 0.3) is 0 Å². The summed E-state index contributed by atoms with van der Waals surface area (Å²) in [6.45, 7) is 19.3. The van der Waals surface area contributed by atoms with Gasteiger partial charge in [-0.2, -0.15) is 0 Å². The summed E-state index contributed by atoms with van der Waals surface area (Å²) in [4.78, 5) is 0. The van der Waals surface area contributed by atoms with E-state index in [-0.39, 0.29) is 22.0 Å². The van der Waals surface area contributed by atoms with Crippen molar-refractivity contribution in [3.8, 4) is 5.75 Å². The summed E-state index contributed by atoms with van der Waals surface area (Å²) in [5, 5.41) is 12.7. The zero-order valence-electron chi connectivity index (χ0n) is 18.5. The van der Waals surface area contributed by atoms with Gasteiger partial charge in [-0.3, -0.25) is 0 Å². The fraction of sp³-hybridized carbons (Fsp3) is 0.727. The average molecular weight is 336 g/mol. The molecule has 2 nitrogen and oxygen atoms in total. The molecule has 0 atom stereocenters. The molecule has 1 rings (SSSR count). The van der Waals surface area contributed by atoms with Gasteiger partial charge in [0.1, 0.15) is 0 Å². The third kappa shape index (κ3) is 7.70. The van der Waals surface area contributed by atoms with E-state index in [1.807, 2.05) is 0 Å². The first-order valence-electron chi connectivity index (χ1n) is 8.90. The molecule has 0 aliphatic rings. The van der Waals surface area contributed by atoms with Gasteiger partial charge >= 0.3 is 0 Å². The second kappa shape index (κ2) is 7.07. The summed E-state index contributed by atoms with van der Waals surface area (Å²) in [5.74, 6) is 0.216. The molecule has 0 aromatic heterocycles. The zero-order chi connectivity index (χ0) is 19.7. The molecule has 0 bridgehead atoms. The van der Waals surface area contributed by atoms with Gasteiger partial charge in [0.15, 0.2) is 0 Å². The summed E-state index contributed by atoms with van der Waals surface area (Å²) < 4.78 is 1.00. The molecule has 1 aromatic rings. The molecule has 0 radical (unpaired) electrons. The zero-order valence-corrected chi connectivity index (χ0v) is 18.5. The number of rotatable bonds is 0. The normalized spacial score (nSPS) is 13.4. The van der Waals surface area contributed by atoms with E-state index < -0.39 is 0 Å². The van der Waals surface area contributed by atoms with Gasteiger partial charge in [-0.15, -0.1) is 5.75 Å². The molecule has 0 saturated carbocycles. The predicted molar refractivity (Wildman–Crippen MR) is 106 cm³/mol. The Balaban J connectivity index is 0.000000922. The smallest absolute Gasteiger partial charge is 0.0675 e. The van der Waals surface area contributed by atoms with Crippen LogP contribution in [0, 0.1) is 0 Å². The average Bonchev–Trinajstić information content (AvgIpc) is 2.21. The maximum Gasteiger partial charge on any atom is 0.0675 e. The van der Waals surface area contributed by atoms with Crippen LogP contribution < -0.4 is 5.11 Å². The fourth-order valence-electron chi connectivity index (χ4n) is 2.18. The first-order chi connectivity index (χ1) is 10.2. The summed E-state index contributed by atoms with van der Waals surface area (Å²) in [6, 6.07) is 4.22. The molecule has 0 fully saturated rings. The molecule has 0 aliphatic heterocycles. The maximum atomic E-state index is 12.7. The van der Waals surface area contributed by atoms with Crippen LogP contribution in [0.5, 0.6) is 5.75 Å². The van der Waals surface area contributed by atoms with E-state index in [0.29, 0.717) is 0 Å². The molecule has 0 spiro atoms. The van der Waals surface area contributed by atoms with Crippen LogP contribution in [-0.4, -0.2) is 32.7 Å². The van der Waals surface area contributed by atoms with Crippen LogP contribution >= 0.6 is 0 Å². The molecule has 0 unspecified atom stereocenters. The fourth-order valence-corrected chi connectivity index (χ4v) is 2.18. The highest BCUT2D eigenvalue weighted by molar-refractivity contribution is 5.50. The third-order valence-corrected chi connectivity index (χ3v) is 3.57. The van der Waals surface area contributed by atoms with Crippen molar-refractivity contribution in [2.75, 3.05) is 28.2 Å². The number of hydrogen-bond donors (Lipinski definition) is 0. The van der Waals surface area contributed by atoms with Gasteiger partial charge in [0.05, 0.1) is 28.2 Å². The Hall–Kier alpha value is -1.02. The minimum atomic E-state index is -0.113. The Morgan fingerprint density at radius 3 is 1.04 bits per heavy atom. The quantitative estimate of drug-likeness (QED) is 0.614. The van der Waals surface area contributed by atoms with Crippen molar-refractivity contribution in [2.24, 2.45) is 0 Å². The molecule has 0 saturated heterocycles. The van der Waals surface area contributed by atoms with Gasteiger partial charge in [0.2, 0.25) is 0 Å². The minimum absolute atomic E-state index is 0.0632. The first-order valence-corrected chi connectivity index (χ1v) is 8.90. The number of benzene rings is 1. The van der Waals surface area contributed by atoms with Crippen molar-refractivity contribution in [2.45, 2.75) is 78.6 Å². The molecule has 0 N–H and O–H groups in total. The Labute approximate surface area is 151 Å². The molecular weight excluding hydrogens is 294 g/mol. The monoisotopic (exact) mass is 335 g/mol. The van der Waals surface area contributed by atoms with Gasteiger partial charge in [0.25, 0.3) is 0 Å². The summed E-state index contributed by atoms with van der Waals surface area (Å²) in [7, 11) is 8.50. The van der Waals surface area contributed by atoms with E-state index in [1.54, 1.807) is 0 Å². The molecule has 140 valence electrons. The van der Waals surface area contributed by atoms with Gasteiger partial charge in [0, 0.05) is 0 Å². The molecule has 24 heavy (non-hydrogen) atoms. The van der Waals surface area contributed by atoms with E-state index in [2.05, 4.69) is 103 Å². The third-order valence-electron chi connectivity index (χ3n) is 3.57. The lowest BCUT2D eigenvalue weighted by Crippen LogP contribution is -2.27. The largest absolute Gasteiger partial charge is 0.872 e. The van der Waals surface area contributed by atoms with Gasteiger partial charge in [-0.25, -0.2) is 0 Å². The summed E-state index contributed by atoms with van der Waals surface area (Å²) in [5.41, 5.74) is 2.96. The highest BCUT2D eigenvalue weighted by Gasteiger charge is 2.25. The summed E-state index contributed by atoms with van der Waals surface area (Å²) in [6.07, 6.45) is 0. The Morgan fingerprint density at radius 2 is 0.875 bits per heavy atom. The van der Waals surface area contributed by atoms with E-state index in [1.165, 1.54) is 5.56 Å². The maximum absolute atomic E-state index is 12.7. The van der Waals surface area contributed by atoms with Crippen LogP contribution in [0.1, 0.15) is 79.0 Å². The van der Waals surface area contributed by atoms with Gasteiger partial charge in [-0.05, 0) is 32.9 Å². The van der Waals surface area contributed by atoms with E-state index >= 15 is 0 Å². The van der Waals surface area contributed by atoms with Crippen molar-refractivity contribution >= 4 is 0 Å². The Bertz CT molecular complexity index is 502. The van der Waals surface area contributed by atoms with Crippen LogP contribution in [0.3, 0.4) is 0 Å². The molecule has 0 amide bonds. The Morgan fingerprint density at radius 1 is 0.625 bits per heavy atom. The van der Waals surface area contributed by atoms with E-state index in [4.69, 9.17) is 0 Å². The molecule has 1 aromatic carbocycles. The molecule has 0 aliphatic carbocycles. The van der Waals surface area contributed by atoms with Gasteiger partial charge in [-0.1, -0.05) is 74.4 Å². The van der Waals surface area contributed by atoms with Crippen molar-refractivity contribution in [3.63, 3.8) is 0 Å². The molecular formula is C22H41NO. The standard InChI is InChI=1S/C18H30O.C4H12N/c1-16(2,3)12-10-13(17(4,5)6)15(19)14(11-12)18(7,8)9;1-5(2,3)4/h10-11,19H,1-9H3;1-4H3/q;+1/p-1. The highest BCUT2D eigenvalue weighted by Crippen LogP contribution is 2.40. The van der Waals surface area contributed by atoms with Crippen molar-refractivity contribution in [1.29, 1.82) is 0 Å². The number of quaternary nitrogens is 1. The van der Waals surface area contributed by atoms with Crippen molar-refractivity contribution in [1.82, 2.24) is 0 Å². The van der Waals surface area contributed by atoms with Crippen molar-refractivity contribution in [3.05, 3.63) is 28.8 Å². The van der Waals surface area contributed by atoms with E-state index in [9.17, 15) is 5.11 Å². The first kappa shape index (κ1) is 23.0. The SMILES string of the molecule is CC(C)(C)c1cc(C(C)(C)C)c([O-])c(C(C)(C)C)c1.C[N+](C)(C)C. The second-order valence-corrected chi connectivity index (χ2v) is 11.3. The molecule has 0 heterocycles. The van der Waals surface area contributed by atoms with Gasteiger partial charge < -0.3 is 9.59 Å². The lowest BCUT2D eigenvalue weighted by molar-refractivity contribution is -0.849. The molecule has 2 heteroatoms. The lowest BCUT2D eigenvalue weighted by atomic mass is 9.75. The lowest BCUT2D eigenvalue weighted by Gasteiger charge is -2.36. The van der Waals surface area contributed by atoms with E-state index in [0.717, 1.165) is 15.6 Å². The number of hydrogen-bond acceptors (Lipinski definition) is 1. The van der Waals surface area contributed by atoms with Crippen LogP contribution in [0.4, 0.5) is 0 Å². The predicted octanol–water partition coefficient (Wildman–Crippen LogP) is 4.98. The van der Waals surface area contributed by atoms with Crippen LogP contribution in [0.2, 0.25) is 0 Å². The highest BCUT2D eigenvalue weighted by atomic mass is 16.3.